The van der Waals surface area contributed by atoms with Crippen LogP contribution >= 0.6 is 0 Å². The van der Waals surface area contributed by atoms with Gasteiger partial charge in [0.05, 0.1) is 0 Å². The first-order valence-corrected chi connectivity index (χ1v) is 6.37. The van der Waals surface area contributed by atoms with Gasteiger partial charge in [-0.25, -0.2) is 0 Å². The van der Waals surface area contributed by atoms with Crippen molar-refractivity contribution >= 4 is 31.1 Å². The Morgan fingerprint density at radius 2 is 1.48 bits per heavy atom. The number of halogens is 3. The van der Waals surface area contributed by atoms with E-state index < -0.39 is 19.2 Å². The van der Waals surface area contributed by atoms with Gasteiger partial charge < -0.3 is 18.2 Å². The Morgan fingerprint density at radius 3 is 2.14 bits per heavy atom. The predicted molar refractivity (Wildman–Crippen MR) is 78.9 cm³/mol. The molecule has 0 atom stereocenters. The van der Waals surface area contributed by atoms with Gasteiger partial charge in [-0.1, -0.05) is 60.1 Å². The van der Waals surface area contributed by atoms with Gasteiger partial charge in [0.1, 0.15) is 0 Å². The molecule has 0 radical (unpaired) electrons. The fraction of sp³-hybridized carbons (Fsp3) is 0. The molecule has 0 aromatic heterocycles. The van der Waals surface area contributed by atoms with Crippen molar-refractivity contribution in [3.8, 4) is 0 Å². The van der Waals surface area contributed by atoms with Gasteiger partial charge in [0.2, 0.25) is 0 Å². The van der Waals surface area contributed by atoms with Crippen molar-refractivity contribution < 1.29 is 64.3 Å². The van der Waals surface area contributed by atoms with E-state index in [1.165, 1.54) is 6.08 Å². The fourth-order valence-electron chi connectivity index (χ4n) is 2.46. The van der Waals surface area contributed by atoms with E-state index in [1.54, 1.807) is 48.5 Å². The zero-order chi connectivity index (χ0) is 14.2. The van der Waals surface area contributed by atoms with E-state index in [-0.39, 0.29) is 51.4 Å². The molecule has 0 amide bonds. The van der Waals surface area contributed by atoms with E-state index in [4.69, 9.17) is 0 Å². The van der Waals surface area contributed by atoms with Crippen LogP contribution in [0.2, 0.25) is 0 Å². The Labute approximate surface area is 164 Å². The minimum atomic E-state index is -5.04. The van der Waals surface area contributed by atoms with Crippen molar-refractivity contribution in [2.24, 2.45) is 0 Å². The van der Waals surface area contributed by atoms with Crippen LogP contribution in [0, 0.1) is 0 Å². The van der Waals surface area contributed by atoms with Gasteiger partial charge in [-0.05, 0) is 11.6 Å². The number of hydrogen-bond donors (Lipinski definition) is 1. The Morgan fingerprint density at radius 1 is 0.857 bits per heavy atom. The molecule has 0 unspecified atom stereocenters. The first kappa shape index (κ1) is 16.9. The van der Waals surface area contributed by atoms with Crippen LogP contribution in [-0.2, 0) is 0 Å². The second kappa shape index (κ2) is 6.75. The summed E-state index contributed by atoms with van der Waals surface area (Å²) in [6.07, 6.45) is 1.25. The third-order valence-corrected chi connectivity index (χ3v) is 3.43. The van der Waals surface area contributed by atoms with Crippen LogP contribution < -0.4 is 62.1 Å². The predicted octanol–water partition coefficient (Wildman–Crippen LogP) is 0.324. The SMILES string of the molecule is F[B-](F)(F)C1=Cc2ccccc2NB1c1ccccc1.[K+]. The van der Waals surface area contributed by atoms with Gasteiger partial charge in [0.15, 0.2) is 0 Å². The molecule has 0 spiro atoms. The van der Waals surface area contributed by atoms with E-state index in [9.17, 15) is 12.9 Å². The molecule has 21 heavy (non-hydrogen) atoms. The van der Waals surface area contributed by atoms with Gasteiger partial charge >= 0.3 is 58.4 Å². The van der Waals surface area contributed by atoms with E-state index >= 15 is 0 Å². The molecule has 0 saturated heterocycles. The van der Waals surface area contributed by atoms with Gasteiger partial charge in [-0.15, -0.1) is 5.37 Å². The van der Waals surface area contributed by atoms with E-state index in [0.717, 1.165) is 5.69 Å². The summed E-state index contributed by atoms with van der Waals surface area (Å²) in [5.41, 5.74) is 1.92. The molecular weight excluding hydrogens is 300 g/mol. The summed E-state index contributed by atoms with van der Waals surface area (Å²) in [6.45, 7) is -5.88. The van der Waals surface area contributed by atoms with Gasteiger partial charge in [-0.3, -0.25) is 0 Å². The summed E-state index contributed by atoms with van der Waals surface area (Å²) in [7, 11) is 0. The molecule has 1 nitrogen and oxygen atoms in total. The molecule has 7 heteroatoms. The molecule has 0 aliphatic carbocycles. The molecule has 0 saturated carbocycles. The van der Waals surface area contributed by atoms with Crippen molar-refractivity contribution in [1.82, 2.24) is 0 Å². The summed E-state index contributed by atoms with van der Waals surface area (Å²) in [5.74, 6) is 0. The topological polar surface area (TPSA) is 12.0 Å². The normalized spacial score (nSPS) is 13.7. The first-order valence-electron chi connectivity index (χ1n) is 6.37. The van der Waals surface area contributed by atoms with Crippen LogP contribution in [0.4, 0.5) is 18.6 Å². The Bertz CT molecular complexity index is 659. The van der Waals surface area contributed by atoms with Crippen LogP contribution in [0.5, 0.6) is 0 Å². The summed E-state index contributed by atoms with van der Waals surface area (Å²) in [5, 5.41) is 2.49. The number of nitrogens with one attached hydrogen (secondary N) is 1. The molecule has 2 aromatic rings. The van der Waals surface area contributed by atoms with Crippen molar-refractivity contribution in [2.75, 3.05) is 5.23 Å². The van der Waals surface area contributed by atoms with Crippen LogP contribution in [0.1, 0.15) is 5.56 Å². The smallest absolute Gasteiger partial charge is 0.445 e. The van der Waals surface area contributed by atoms with E-state index in [0.29, 0.717) is 11.0 Å². The average molecular weight is 311 g/mol. The van der Waals surface area contributed by atoms with Crippen LogP contribution in [0.3, 0.4) is 0 Å². The summed E-state index contributed by atoms with van der Waals surface area (Å²) in [6, 6.07) is 15.7. The van der Waals surface area contributed by atoms with Crippen molar-refractivity contribution in [3.63, 3.8) is 0 Å². The van der Waals surface area contributed by atoms with Crippen LogP contribution in [0.25, 0.3) is 6.08 Å². The number of rotatable bonds is 2. The van der Waals surface area contributed by atoms with Crippen LogP contribution in [-0.4, -0.2) is 13.8 Å². The quantitative estimate of drug-likeness (QED) is 0.788. The third kappa shape index (κ3) is 3.66. The van der Waals surface area contributed by atoms with Crippen molar-refractivity contribution in [1.29, 1.82) is 0 Å². The summed E-state index contributed by atoms with van der Waals surface area (Å²) in [4.78, 5) is 0. The number of para-hydroxylation sites is 1. The third-order valence-electron chi connectivity index (χ3n) is 3.43. The summed E-state index contributed by atoms with van der Waals surface area (Å²) < 4.78 is 40.0. The maximum atomic E-state index is 13.3. The minimum Gasteiger partial charge on any atom is -0.445 e. The second-order valence-electron chi connectivity index (χ2n) is 4.79. The minimum absolute atomic E-state index is 0. The zero-order valence-corrected chi connectivity index (χ0v) is 14.7. The monoisotopic (exact) mass is 311 g/mol. The largest absolute Gasteiger partial charge is 1.00 e. The van der Waals surface area contributed by atoms with Crippen molar-refractivity contribution in [2.45, 2.75) is 0 Å². The molecular formula is C14H11B2F3KN. The standard InChI is InChI=1S/C14H11B2F3N.K/c17-16(18,19)14-10-11-6-4-5-9-13(11)20-15(14)12-7-2-1-3-8-12;/h1-10,20H;/q-1;+1. The molecule has 1 N–H and O–H groups in total. The Kier molecular flexibility index (Phi) is 5.43. The molecule has 100 valence electrons. The maximum absolute atomic E-state index is 13.3. The molecule has 1 aliphatic rings. The molecule has 2 aromatic carbocycles. The maximum Gasteiger partial charge on any atom is 1.00 e. The molecule has 1 aliphatic heterocycles. The van der Waals surface area contributed by atoms with Crippen molar-refractivity contribution in [3.05, 3.63) is 65.5 Å². The van der Waals surface area contributed by atoms with Gasteiger partial charge in [0, 0.05) is 5.69 Å². The number of anilines is 1. The van der Waals surface area contributed by atoms with Gasteiger partial charge in [0.25, 0.3) is 6.85 Å². The fourth-order valence-corrected chi connectivity index (χ4v) is 2.46. The number of benzene rings is 2. The Hall–Kier alpha value is -0.464. The number of fused-ring (bicyclic) bond motifs is 1. The molecule has 3 rings (SSSR count). The van der Waals surface area contributed by atoms with E-state index in [1.807, 2.05) is 6.07 Å². The molecule has 1 heterocycles. The molecule has 0 fully saturated rings. The van der Waals surface area contributed by atoms with E-state index in [2.05, 4.69) is 5.23 Å². The first-order chi connectivity index (χ1) is 9.55. The zero-order valence-electron chi connectivity index (χ0n) is 11.6. The Balaban J connectivity index is 0.00000161. The van der Waals surface area contributed by atoms with Crippen LogP contribution in [0.15, 0.2) is 60.0 Å². The number of hydrogen-bond acceptors (Lipinski definition) is 1. The average Bonchev–Trinajstić information content (AvgIpc) is 2.46. The van der Waals surface area contributed by atoms with Gasteiger partial charge in [-0.2, -0.15) is 0 Å². The molecule has 0 bridgehead atoms. The summed E-state index contributed by atoms with van der Waals surface area (Å²) >= 11 is 0. The second-order valence-corrected chi connectivity index (χ2v) is 4.79.